The summed E-state index contributed by atoms with van der Waals surface area (Å²) in [7, 11) is 3.10. The molecule has 2 unspecified atom stereocenters. The molecule has 2 rings (SSSR count). The third-order valence-corrected chi connectivity index (χ3v) is 3.51. The summed E-state index contributed by atoms with van der Waals surface area (Å²) < 4.78 is 10.1. The standard InChI is InChI=1S/C15H18O3/c1-4-12(15(16)18-3)14-7-5-10-9-11(17-2)6-8-13(10)14/h5-9,12,14H,4H2,1-3H3. The third-order valence-electron chi connectivity index (χ3n) is 3.51. The van der Waals surface area contributed by atoms with Crippen LogP contribution in [0.1, 0.15) is 30.4 Å². The van der Waals surface area contributed by atoms with Crippen molar-refractivity contribution in [3.63, 3.8) is 0 Å². The molecule has 3 nitrogen and oxygen atoms in total. The number of hydrogen-bond donors (Lipinski definition) is 0. The molecule has 0 heterocycles. The Morgan fingerprint density at radius 3 is 2.78 bits per heavy atom. The fourth-order valence-corrected chi connectivity index (χ4v) is 2.51. The lowest BCUT2D eigenvalue weighted by Crippen LogP contribution is -2.21. The fourth-order valence-electron chi connectivity index (χ4n) is 2.51. The number of ether oxygens (including phenoxy) is 2. The number of esters is 1. The van der Waals surface area contributed by atoms with E-state index in [0.29, 0.717) is 0 Å². The maximum atomic E-state index is 11.8. The predicted octanol–water partition coefficient (Wildman–Crippen LogP) is 3.00. The smallest absolute Gasteiger partial charge is 0.309 e. The highest BCUT2D eigenvalue weighted by molar-refractivity contribution is 5.76. The van der Waals surface area contributed by atoms with Crippen LogP contribution in [0.3, 0.4) is 0 Å². The van der Waals surface area contributed by atoms with Gasteiger partial charge >= 0.3 is 5.97 Å². The van der Waals surface area contributed by atoms with Crippen molar-refractivity contribution in [1.29, 1.82) is 0 Å². The van der Waals surface area contributed by atoms with Crippen LogP contribution in [0.15, 0.2) is 24.3 Å². The maximum Gasteiger partial charge on any atom is 0.309 e. The van der Waals surface area contributed by atoms with Gasteiger partial charge in [0, 0.05) is 5.92 Å². The lowest BCUT2D eigenvalue weighted by atomic mass is 9.86. The van der Waals surface area contributed by atoms with Gasteiger partial charge in [0.25, 0.3) is 0 Å². The van der Waals surface area contributed by atoms with E-state index in [4.69, 9.17) is 9.47 Å². The average Bonchev–Trinajstić information content (AvgIpc) is 2.82. The first-order valence-corrected chi connectivity index (χ1v) is 6.15. The molecule has 2 atom stereocenters. The lowest BCUT2D eigenvalue weighted by molar-refractivity contribution is -0.145. The van der Waals surface area contributed by atoms with Gasteiger partial charge < -0.3 is 9.47 Å². The summed E-state index contributed by atoms with van der Waals surface area (Å²) in [6.45, 7) is 2.01. The van der Waals surface area contributed by atoms with E-state index < -0.39 is 0 Å². The number of methoxy groups -OCH3 is 2. The number of fused-ring (bicyclic) bond motifs is 1. The maximum absolute atomic E-state index is 11.8. The SMILES string of the molecule is CCC(C(=O)OC)C1C=Cc2cc(OC)ccc21. The largest absolute Gasteiger partial charge is 0.497 e. The summed E-state index contributed by atoms with van der Waals surface area (Å²) >= 11 is 0. The van der Waals surface area contributed by atoms with E-state index in [2.05, 4.69) is 6.08 Å². The van der Waals surface area contributed by atoms with Crippen LogP contribution in [0.4, 0.5) is 0 Å². The number of rotatable bonds is 4. The van der Waals surface area contributed by atoms with Crippen LogP contribution in [0, 0.1) is 5.92 Å². The van der Waals surface area contributed by atoms with Gasteiger partial charge in [-0.25, -0.2) is 0 Å². The van der Waals surface area contributed by atoms with Gasteiger partial charge in [0.1, 0.15) is 5.75 Å². The Balaban J connectivity index is 2.31. The zero-order valence-corrected chi connectivity index (χ0v) is 11.0. The zero-order valence-electron chi connectivity index (χ0n) is 11.0. The molecule has 0 fully saturated rings. The second-order valence-corrected chi connectivity index (χ2v) is 4.42. The van der Waals surface area contributed by atoms with Crippen molar-refractivity contribution in [1.82, 2.24) is 0 Å². The number of allylic oxidation sites excluding steroid dienone is 1. The second-order valence-electron chi connectivity index (χ2n) is 4.42. The first-order valence-electron chi connectivity index (χ1n) is 6.15. The number of hydrogen-bond acceptors (Lipinski definition) is 3. The van der Waals surface area contributed by atoms with E-state index in [1.54, 1.807) is 7.11 Å². The van der Waals surface area contributed by atoms with E-state index in [9.17, 15) is 4.79 Å². The molecular formula is C15H18O3. The minimum atomic E-state index is -0.143. The van der Waals surface area contributed by atoms with Crippen LogP contribution >= 0.6 is 0 Å². The molecule has 0 saturated heterocycles. The van der Waals surface area contributed by atoms with E-state index in [-0.39, 0.29) is 17.8 Å². The number of carbonyl (C=O) groups is 1. The van der Waals surface area contributed by atoms with Crippen LogP contribution in [-0.4, -0.2) is 20.2 Å². The molecule has 0 bridgehead atoms. The van der Waals surface area contributed by atoms with Crippen LogP contribution in [0.2, 0.25) is 0 Å². The van der Waals surface area contributed by atoms with Gasteiger partial charge in [-0.3, -0.25) is 4.79 Å². The molecule has 1 aromatic rings. The van der Waals surface area contributed by atoms with Crippen LogP contribution in [0.25, 0.3) is 6.08 Å². The quantitative estimate of drug-likeness (QED) is 0.766. The first kappa shape index (κ1) is 12.7. The normalized spacial score (nSPS) is 18.3. The molecule has 0 spiro atoms. The Morgan fingerprint density at radius 1 is 1.39 bits per heavy atom. The molecule has 1 aliphatic carbocycles. The van der Waals surface area contributed by atoms with Crippen molar-refractivity contribution in [3.8, 4) is 5.75 Å². The van der Waals surface area contributed by atoms with Gasteiger partial charge in [-0.2, -0.15) is 0 Å². The van der Waals surface area contributed by atoms with Gasteiger partial charge in [-0.15, -0.1) is 0 Å². The first-order chi connectivity index (χ1) is 8.71. The summed E-state index contributed by atoms with van der Waals surface area (Å²) in [5.41, 5.74) is 2.30. The van der Waals surface area contributed by atoms with E-state index in [1.165, 1.54) is 12.7 Å². The summed E-state index contributed by atoms with van der Waals surface area (Å²) in [6, 6.07) is 5.96. The minimum Gasteiger partial charge on any atom is -0.497 e. The van der Waals surface area contributed by atoms with Crippen molar-refractivity contribution in [2.24, 2.45) is 5.92 Å². The van der Waals surface area contributed by atoms with Gasteiger partial charge in [0.05, 0.1) is 20.1 Å². The van der Waals surface area contributed by atoms with E-state index in [0.717, 1.165) is 17.7 Å². The Kier molecular flexibility index (Phi) is 3.70. The molecule has 96 valence electrons. The molecule has 0 saturated carbocycles. The number of benzene rings is 1. The summed E-state index contributed by atoms with van der Waals surface area (Å²) in [5.74, 6) is 0.699. The molecule has 0 aliphatic heterocycles. The van der Waals surface area contributed by atoms with Crippen LogP contribution < -0.4 is 4.74 Å². The van der Waals surface area contributed by atoms with Gasteiger partial charge in [-0.1, -0.05) is 25.1 Å². The second kappa shape index (κ2) is 5.25. The van der Waals surface area contributed by atoms with Crippen LogP contribution in [0.5, 0.6) is 5.75 Å². The minimum absolute atomic E-state index is 0.110. The third kappa shape index (κ3) is 2.13. The van der Waals surface area contributed by atoms with Crippen molar-refractivity contribution < 1.29 is 14.3 Å². The molecular weight excluding hydrogens is 228 g/mol. The predicted molar refractivity (Wildman–Crippen MR) is 70.6 cm³/mol. The Bertz CT molecular complexity index is 477. The van der Waals surface area contributed by atoms with Crippen molar-refractivity contribution in [3.05, 3.63) is 35.4 Å². The van der Waals surface area contributed by atoms with Gasteiger partial charge in [0.2, 0.25) is 0 Å². The molecule has 3 heteroatoms. The van der Waals surface area contributed by atoms with Crippen molar-refractivity contribution >= 4 is 12.0 Å². The van der Waals surface area contributed by atoms with E-state index >= 15 is 0 Å². The summed E-state index contributed by atoms with van der Waals surface area (Å²) in [6.07, 6.45) is 4.90. The molecule has 0 aromatic heterocycles. The Morgan fingerprint density at radius 2 is 2.17 bits per heavy atom. The molecule has 1 aromatic carbocycles. The van der Waals surface area contributed by atoms with Crippen molar-refractivity contribution in [2.75, 3.05) is 14.2 Å². The lowest BCUT2D eigenvalue weighted by Gasteiger charge is -2.20. The Labute approximate surface area is 107 Å². The molecule has 18 heavy (non-hydrogen) atoms. The Hall–Kier alpha value is -1.77. The summed E-state index contributed by atoms with van der Waals surface area (Å²) in [4.78, 5) is 11.8. The summed E-state index contributed by atoms with van der Waals surface area (Å²) in [5, 5.41) is 0. The highest BCUT2D eigenvalue weighted by Gasteiger charge is 2.30. The highest BCUT2D eigenvalue weighted by Crippen LogP contribution is 2.38. The average molecular weight is 246 g/mol. The topological polar surface area (TPSA) is 35.5 Å². The highest BCUT2D eigenvalue weighted by atomic mass is 16.5. The molecule has 0 amide bonds. The van der Waals surface area contributed by atoms with Crippen molar-refractivity contribution in [2.45, 2.75) is 19.3 Å². The molecule has 1 aliphatic rings. The van der Waals surface area contributed by atoms with Gasteiger partial charge in [-0.05, 0) is 29.7 Å². The number of carbonyl (C=O) groups excluding carboxylic acids is 1. The fraction of sp³-hybridized carbons (Fsp3) is 0.400. The van der Waals surface area contributed by atoms with Gasteiger partial charge in [0.15, 0.2) is 0 Å². The van der Waals surface area contributed by atoms with E-state index in [1.807, 2.05) is 31.2 Å². The molecule has 0 radical (unpaired) electrons. The zero-order chi connectivity index (χ0) is 13.1. The monoisotopic (exact) mass is 246 g/mol. The molecule has 0 N–H and O–H groups in total. The van der Waals surface area contributed by atoms with Crippen LogP contribution in [-0.2, 0) is 9.53 Å².